The topological polar surface area (TPSA) is 41.1 Å². The highest BCUT2D eigenvalue weighted by Crippen LogP contribution is 2.35. The van der Waals surface area contributed by atoms with Gasteiger partial charge in [0.25, 0.3) is 0 Å². The highest BCUT2D eigenvalue weighted by Gasteiger charge is 2.25. The first-order chi connectivity index (χ1) is 13.9. The minimum atomic E-state index is 0.469. The number of hydrogen-bond donors (Lipinski definition) is 1. The van der Waals surface area contributed by atoms with E-state index in [1.54, 1.807) is 0 Å². The van der Waals surface area contributed by atoms with Crippen LogP contribution in [0.4, 0.5) is 11.8 Å². The van der Waals surface area contributed by atoms with Gasteiger partial charge in [0, 0.05) is 35.5 Å². The highest BCUT2D eigenvalue weighted by molar-refractivity contribution is 7.99. The molecule has 0 bridgehead atoms. The molecule has 5 heteroatoms. The maximum atomic E-state index is 5.01. The summed E-state index contributed by atoms with van der Waals surface area (Å²) in [6, 6.07) is 19.7. The van der Waals surface area contributed by atoms with Gasteiger partial charge in [-0.15, -0.1) is 0 Å². The molecule has 1 aliphatic carbocycles. The second kappa shape index (κ2) is 8.00. The van der Waals surface area contributed by atoms with Crippen LogP contribution in [0.5, 0.6) is 0 Å². The Hall–Kier alpha value is -2.27. The van der Waals surface area contributed by atoms with E-state index in [0.29, 0.717) is 11.3 Å². The van der Waals surface area contributed by atoms with Gasteiger partial charge in [-0.1, -0.05) is 55.3 Å². The van der Waals surface area contributed by atoms with Crippen LogP contribution in [0.3, 0.4) is 0 Å². The van der Waals surface area contributed by atoms with E-state index in [4.69, 9.17) is 9.97 Å². The van der Waals surface area contributed by atoms with E-state index in [1.807, 2.05) is 11.8 Å². The standard InChI is InChI=1S/C23H26N4S/c1-2-8-17(9-3-1)21-16-27(14-15-28-21)23-25-20-13-7-6-12-19(20)22(26-23)24-18-10-4-5-11-18/h1-3,6-9,12-13,18,21H,4-5,10-11,14-16H2,(H,24,25,26). The summed E-state index contributed by atoms with van der Waals surface area (Å²) >= 11 is 2.04. The first-order valence-electron chi connectivity index (χ1n) is 10.3. The lowest BCUT2D eigenvalue weighted by Gasteiger charge is -2.33. The summed E-state index contributed by atoms with van der Waals surface area (Å²) in [7, 11) is 0. The molecule has 3 aromatic rings. The Morgan fingerprint density at radius 3 is 2.57 bits per heavy atom. The number of nitrogens with one attached hydrogen (secondary N) is 1. The molecular weight excluding hydrogens is 364 g/mol. The minimum Gasteiger partial charge on any atom is -0.367 e. The molecule has 2 aromatic carbocycles. The highest BCUT2D eigenvalue weighted by atomic mass is 32.2. The van der Waals surface area contributed by atoms with Crippen molar-refractivity contribution in [2.45, 2.75) is 37.0 Å². The Morgan fingerprint density at radius 1 is 0.929 bits per heavy atom. The van der Waals surface area contributed by atoms with Gasteiger partial charge in [0.1, 0.15) is 5.82 Å². The molecule has 28 heavy (non-hydrogen) atoms. The van der Waals surface area contributed by atoms with Crippen molar-refractivity contribution >= 4 is 34.4 Å². The van der Waals surface area contributed by atoms with Crippen LogP contribution >= 0.6 is 11.8 Å². The zero-order chi connectivity index (χ0) is 18.8. The SMILES string of the molecule is c1ccc(C2CN(c3nc(NC4CCCC4)c4ccccc4n3)CCS2)cc1. The van der Waals surface area contributed by atoms with Gasteiger partial charge in [-0.3, -0.25) is 0 Å². The van der Waals surface area contributed by atoms with Crippen LogP contribution < -0.4 is 10.2 Å². The second-order valence-corrected chi connectivity index (χ2v) is 9.04. The lowest BCUT2D eigenvalue weighted by molar-refractivity contribution is 0.738. The monoisotopic (exact) mass is 390 g/mol. The number of benzene rings is 2. The quantitative estimate of drug-likeness (QED) is 0.656. The number of rotatable bonds is 4. The van der Waals surface area contributed by atoms with Crippen LogP contribution in [-0.2, 0) is 0 Å². The average Bonchev–Trinajstić information content (AvgIpc) is 3.27. The van der Waals surface area contributed by atoms with Crippen molar-refractivity contribution in [3.8, 4) is 0 Å². The molecule has 1 atom stereocenters. The van der Waals surface area contributed by atoms with Crippen molar-refractivity contribution in [3.05, 3.63) is 60.2 Å². The van der Waals surface area contributed by atoms with Crippen molar-refractivity contribution < 1.29 is 0 Å². The number of anilines is 2. The zero-order valence-electron chi connectivity index (χ0n) is 16.1. The fourth-order valence-electron chi connectivity index (χ4n) is 4.28. The molecule has 4 nitrogen and oxygen atoms in total. The molecule has 0 amide bonds. The molecule has 1 unspecified atom stereocenters. The van der Waals surface area contributed by atoms with Crippen molar-refractivity contribution in [2.24, 2.45) is 0 Å². The predicted octanol–water partition coefficient (Wildman–Crippen LogP) is 5.28. The first-order valence-corrected chi connectivity index (χ1v) is 11.4. The van der Waals surface area contributed by atoms with E-state index >= 15 is 0 Å². The molecule has 5 rings (SSSR count). The van der Waals surface area contributed by atoms with Gasteiger partial charge in [0.2, 0.25) is 5.95 Å². The Kier molecular flexibility index (Phi) is 5.08. The van der Waals surface area contributed by atoms with Gasteiger partial charge in [0.15, 0.2) is 0 Å². The van der Waals surface area contributed by atoms with Crippen LogP contribution in [-0.4, -0.2) is 34.9 Å². The Bertz CT molecular complexity index is 940. The molecule has 1 aliphatic heterocycles. The summed E-state index contributed by atoms with van der Waals surface area (Å²) < 4.78 is 0. The average molecular weight is 391 g/mol. The molecule has 1 N–H and O–H groups in total. The van der Waals surface area contributed by atoms with E-state index in [0.717, 1.165) is 41.5 Å². The smallest absolute Gasteiger partial charge is 0.227 e. The van der Waals surface area contributed by atoms with Gasteiger partial charge in [-0.05, 0) is 30.5 Å². The number of aromatic nitrogens is 2. The van der Waals surface area contributed by atoms with Crippen LogP contribution in [0.15, 0.2) is 54.6 Å². The zero-order valence-corrected chi connectivity index (χ0v) is 16.9. The third-order valence-electron chi connectivity index (χ3n) is 5.81. The van der Waals surface area contributed by atoms with Gasteiger partial charge in [0.05, 0.1) is 5.52 Å². The van der Waals surface area contributed by atoms with Crippen LogP contribution in [0.1, 0.15) is 36.5 Å². The molecule has 1 saturated heterocycles. The van der Waals surface area contributed by atoms with Crippen molar-refractivity contribution in [1.82, 2.24) is 9.97 Å². The molecular formula is C23H26N4S. The van der Waals surface area contributed by atoms with Gasteiger partial charge < -0.3 is 10.2 Å². The van der Waals surface area contributed by atoms with E-state index < -0.39 is 0 Å². The maximum absolute atomic E-state index is 5.01. The third kappa shape index (κ3) is 3.68. The fraction of sp³-hybridized carbons (Fsp3) is 0.391. The third-order valence-corrected chi connectivity index (χ3v) is 7.05. The minimum absolute atomic E-state index is 0.469. The van der Waals surface area contributed by atoms with E-state index in [2.05, 4.69) is 64.8 Å². The van der Waals surface area contributed by atoms with Crippen LogP contribution in [0.25, 0.3) is 10.9 Å². The van der Waals surface area contributed by atoms with E-state index in [1.165, 1.54) is 31.2 Å². The Balaban J connectivity index is 1.46. The largest absolute Gasteiger partial charge is 0.367 e. The summed E-state index contributed by atoms with van der Waals surface area (Å²) in [6.07, 6.45) is 5.11. The molecule has 0 spiro atoms. The van der Waals surface area contributed by atoms with Crippen molar-refractivity contribution in [2.75, 3.05) is 29.1 Å². The Morgan fingerprint density at radius 2 is 1.71 bits per heavy atom. The number of fused-ring (bicyclic) bond motifs is 1. The summed E-state index contributed by atoms with van der Waals surface area (Å²) in [5, 5.41) is 5.32. The second-order valence-electron chi connectivity index (χ2n) is 7.73. The molecule has 2 heterocycles. The summed E-state index contributed by atoms with van der Waals surface area (Å²) in [5.74, 6) is 2.96. The van der Waals surface area contributed by atoms with Gasteiger partial charge >= 0.3 is 0 Å². The van der Waals surface area contributed by atoms with Crippen LogP contribution in [0.2, 0.25) is 0 Å². The number of thioether (sulfide) groups is 1. The molecule has 2 aliphatic rings. The Labute approximate surface area is 170 Å². The van der Waals surface area contributed by atoms with Crippen molar-refractivity contribution in [1.29, 1.82) is 0 Å². The molecule has 1 aromatic heterocycles. The number of nitrogens with zero attached hydrogens (tertiary/aromatic N) is 3. The fourth-order valence-corrected chi connectivity index (χ4v) is 5.52. The van der Waals surface area contributed by atoms with Crippen LogP contribution in [0, 0.1) is 0 Å². The molecule has 0 radical (unpaired) electrons. The lowest BCUT2D eigenvalue weighted by atomic mass is 10.1. The van der Waals surface area contributed by atoms with Gasteiger partial charge in [-0.25, -0.2) is 4.98 Å². The lowest BCUT2D eigenvalue weighted by Crippen LogP contribution is -2.35. The maximum Gasteiger partial charge on any atom is 0.227 e. The van der Waals surface area contributed by atoms with Gasteiger partial charge in [-0.2, -0.15) is 16.7 Å². The summed E-state index contributed by atoms with van der Waals surface area (Å²) in [5.41, 5.74) is 2.42. The van der Waals surface area contributed by atoms with Crippen molar-refractivity contribution in [3.63, 3.8) is 0 Å². The van der Waals surface area contributed by atoms with E-state index in [9.17, 15) is 0 Å². The first kappa shape index (κ1) is 17.8. The summed E-state index contributed by atoms with van der Waals surface area (Å²) in [4.78, 5) is 12.3. The summed E-state index contributed by atoms with van der Waals surface area (Å²) in [6.45, 7) is 1.95. The van der Waals surface area contributed by atoms with E-state index in [-0.39, 0.29) is 0 Å². The number of para-hydroxylation sites is 1. The normalized spacial score (nSPS) is 20.6. The number of hydrogen-bond acceptors (Lipinski definition) is 5. The molecule has 1 saturated carbocycles. The molecule has 144 valence electrons. The molecule has 2 fully saturated rings. The predicted molar refractivity (Wildman–Crippen MR) is 119 cm³/mol.